The van der Waals surface area contributed by atoms with Crippen LogP contribution in [0.3, 0.4) is 0 Å². The summed E-state index contributed by atoms with van der Waals surface area (Å²) in [6.07, 6.45) is 1.90. The molecule has 0 atom stereocenters. The van der Waals surface area contributed by atoms with Gasteiger partial charge in [-0.1, -0.05) is 0 Å². The molecule has 1 saturated carbocycles. The van der Waals surface area contributed by atoms with Crippen molar-refractivity contribution in [3.05, 3.63) is 24.3 Å². The molecule has 2 rings (SSSR count). The molecule has 5 heteroatoms. The number of nitrogens with zero attached hydrogens (tertiary/aromatic N) is 1. The third-order valence-corrected chi connectivity index (χ3v) is 3.06. The molecule has 0 unspecified atom stereocenters. The highest BCUT2D eigenvalue weighted by atomic mass is 16.5. The van der Waals surface area contributed by atoms with Gasteiger partial charge in [-0.15, -0.1) is 0 Å². The zero-order valence-corrected chi connectivity index (χ0v) is 11.2. The number of carbonyl (C=O) groups is 2. The summed E-state index contributed by atoms with van der Waals surface area (Å²) in [5, 5.41) is 2.75. The second-order valence-electron chi connectivity index (χ2n) is 4.75. The molecule has 1 fully saturated rings. The zero-order valence-electron chi connectivity index (χ0n) is 11.2. The predicted octanol–water partition coefficient (Wildman–Crippen LogP) is 1.50. The molecular weight excluding hydrogens is 244 g/mol. The molecular formula is C14H18N2O3. The fraction of sp³-hybridized carbons (Fsp3) is 0.429. The molecule has 0 heterocycles. The monoisotopic (exact) mass is 262 g/mol. The molecule has 0 spiro atoms. The van der Waals surface area contributed by atoms with Gasteiger partial charge >= 0.3 is 0 Å². The van der Waals surface area contributed by atoms with Crippen LogP contribution in [0.4, 0.5) is 5.69 Å². The Balaban J connectivity index is 1.84. The number of nitrogens with one attached hydrogen (secondary N) is 1. The topological polar surface area (TPSA) is 58.6 Å². The van der Waals surface area contributed by atoms with Crippen LogP contribution in [0.25, 0.3) is 0 Å². The van der Waals surface area contributed by atoms with Crippen LogP contribution < -0.4 is 10.1 Å². The maximum absolute atomic E-state index is 11.8. The van der Waals surface area contributed by atoms with Crippen LogP contribution in [-0.4, -0.2) is 37.4 Å². The van der Waals surface area contributed by atoms with Crippen molar-refractivity contribution in [2.75, 3.05) is 26.0 Å². The molecule has 0 radical (unpaired) electrons. The first-order chi connectivity index (χ1) is 9.10. The minimum Gasteiger partial charge on any atom is -0.497 e. The number of hydrogen-bond acceptors (Lipinski definition) is 3. The summed E-state index contributed by atoms with van der Waals surface area (Å²) >= 11 is 0. The Hall–Kier alpha value is -2.04. The molecule has 1 aromatic carbocycles. The van der Waals surface area contributed by atoms with Crippen molar-refractivity contribution < 1.29 is 14.3 Å². The van der Waals surface area contributed by atoms with Gasteiger partial charge < -0.3 is 15.0 Å². The van der Waals surface area contributed by atoms with Gasteiger partial charge in [0, 0.05) is 18.7 Å². The van der Waals surface area contributed by atoms with Crippen LogP contribution >= 0.6 is 0 Å². The van der Waals surface area contributed by atoms with Crippen LogP contribution in [0.1, 0.15) is 12.8 Å². The maximum atomic E-state index is 11.8. The van der Waals surface area contributed by atoms with Crippen molar-refractivity contribution >= 4 is 17.5 Å². The number of rotatable bonds is 5. The third kappa shape index (κ3) is 3.71. The smallest absolute Gasteiger partial charge is 0.243 e. The number of methoxy groups -OCH3 is 1. The van der Waals surface area contributed by atoms with Gasteiger partial charge in [-0.3, -0.25) is 9.59 Å². The van der Waals surface area contributed by atoms with E-state index < -0.39 is 0 Å². The Kier molecular flexibility index (Phi) is 4.04. The molecule has 1 aromatic rings. The molecule has 0 saturated heterocycles. The number of ether oxygens (including phenoxy) is 1. The van der Waals surface area contributed by atoms with E-state index in [1.54, 1.807) is 38.4 Å². The van der Waals surface area contributed by atoms with Crippen molar-refractivity contribution in [1.29, 1.82) is 0 Å². The minimum absolute atomic E-state index is 0.0601. The SMILES string of the molecule is COc1ccc(NC(=O)CN(C)C(=O)C2CC2)cc1. The van der Waals surface area contributed by atoms with E-state index >= 15 is 0 Å². The van der Waals surface area contributed by atoms with Crippen molar-refractivity contribution in [3.8, 4) is 5.75 Å². The van der Waals surface area contributed by atoms with Crippen LogP contribution in [0.15, 0.2) is 24.3 Å². The summed E-state index contributed by atoms with van der Waals surface area (Å²) < 4.78 is 5.04. The molecule has 5 nitrogen and oxygen atoms in total. The van der Waals surface area contributed by atoms with Gasteiger partial charge in [0.25, 0.3) is 0 Å². The highest BCUT2D eigenvalue weighted by molar-refractivity contribution is 5.95. The molecule has 1 aliphatic carbocycles. The van der Waals surface area contributed by atoms with E-state index in [0.29, 0.717) is 5.69 Å². The van der Waals surface area contributed by atoms with E-state index in [4.69, 9.17) is 4.74 Å². The Morgan fingerprint density at radius 2 is 1.95 bits per heavy atom. The third-order valence-electron chi connectivity index (χ3n) is 3.06. The van der Waals surface area contributed by atoms with E-state index in [2.05, 4.69) is 5.32 Å². The Morgan fingerprint density at radius 3 is 2.47 bits per heavy atom. The maximum Gasteiger partial charge on any atom is 0.243 e. The first-order valence-corrected chi connectivity index (χ1v) is 6.29. The zero-order chi connectivity index (χ0) is 13.8. The fourth-order valence-corrected chi connectivity index (χ4v) is 1.81. The number of carbonyl (C=O) groups excluding carboxylic acids is 2. The van der Waals surface area contributed by atoms with Gasteiger partial charge in [0.2, 0.25) is 11.8 Å². The van der Waals surface area contributed by atoms with E-state index in [9.17, 15) is 9.59 Å². The predicted molar refractivity (Wildman–Crippen MR) is 72.0 cm³/mol. The first kappa shape index (κ1) is 13.4. The average Bonchev–Trinajstić information content (AvgIpc) is 3.22. The summed E-state index contributed by atoms with van der Waals surface area (Å²) in [5.74, 6) is 0.740. The summed E-state index contributed by atoms with van der Waals surface area (Å²) in [6, 6.07) is 7.07. The number of benzene rings is 1. The Bertz CT molecular complexity index is 466. The van der Waals surface area contributed by atoms with E-state index in [-0.39, 0.29) is 24.3 Å². The average molecular weight is 262 g/mol. The molecule has 102 valence electrons. The van der Waals surface area contributed by atoms with Crippen molar-refractivity contribution in [2.45, 2.75) is 12.8 Å². The number of likely N-dealkylation sites (N-methyl/N-ethyl adjacent to an activating group) is 1. The Morgan fingerprint density at radius 1 is 1.32 bits per heavy atom. The van der Waals surface area contributed by atoms with E-state index in [0.717, 1.165) is 18.6 Å². The van der Waals surface area contributed by atoms with Crippen LogP contribution in [0.2, 0.25) is 0 Å². The van der Waals surface area contributed by atoms with Crippen LogP contribution in [0, 0.1) is 5.92 Å². The first-order valence-electron chi connectivity index (χ1n) is 6.29. The lowest BCUT2D eigenvalue weighted by atomic mass is 10.3. The molecule has 1 N–H and O–H groups in total. The van der Waals surface area contributed by atoms with Gasteiger partial charge in [0.1, 0.15) is 5.75 Å². The van der Waals surface area contributed by atoms with Gasteiger partial charge in [0.05, 0.1) is 13.7 Å². The summed E-state index contributed by atoms with van der Waals surface area (Å²) in [5.41, 5.74) is 0.693. The number of amides is 2. The molecule has 0 bridgehead atoms. The van der Waals surface area contributed by atoms with E-state index in [1.807, 2.05) is 0 Å². The lowest BCUT2D eigenvalue weighted by Crippen LogP contribution is -2.35. The molecule has 0 aromatic heterocycles. The Labute approximate surface area is 112 Å². The second-order valence-corrected chi connectivity index (χ2v) is 4.75. The largest absolute Gasteiger partial charge is 0.497 e. The summed E-state index contributed by atoms with van der Waals surface area (Å²) in [7, 11) is 3.25. The van der Waals surface area contributed by atoms with Crippen molar-refractivity contribution in [2.24, 2.45) is 5.92 Å². The molecule has 1 aliphatic rings. The van der Waals surface area contributed by atoms with Gasteiger partial charge in [-0.2, -0.15) is 0 Å². The van der Waals surface area contributed by atoms with E-state index in [1.165, 1.54) is 4.90 Å². The minimum atomic E-state index is -0.193. The lowest BCUT2D eigenvalue weighted by Gasteiger charge is -2.16. The van der Waals surface area contributed by atoms with Crippen LogP contribution in [-0.2, 0) is 9.59 Å². The fourth-order valence-electron chi connectivity index (χ4n) is 1.81. The van der Waals surface area contributed by atoms with Gasteiger partial charge in [-0.05, 0) is 37.1 Å². The van der Waals surface area contributed by atoms with Crippen LogP contribution in [0.5, 0.6) is 5.75 Å². The molecule has 2 amide bonds. The molecule has 0 aliphatic heterocycles. The molecule has 19 heavy (non-hydrogen) atoms. The summed E-state index contributed by atoms with van der Waals surface area (Å²) in [4.78, 5) is 25.0. The quantitative estimate of drug-likeness (QED) is 0.875. The number of anilines is 1. The van der Waals surface area contributed by atoms with Crippen molar-refractivity contribution in [3.63, 3.8) is 0 Å². The highest BCUT2D eigenvalue weighted by Crippen LogP contribution is 2.30. The normalized spacial score (nSPS) is 13.8. The lowest BCUT2D eigenvalue weighted by molar-refractivity contribution is -0.134. The second kappa shape index (κ2) is 5.73. The summed E-state index contributed by atoms with van der Waals surface area (Å²) in [6.45, 7) is 0.0847. The van der Waals surface area contributed by atoms with Gasteiger partial charge in [-0.25, -0.2) is 0 Å². The number of hydrogen-bond donors (Lipinski definition) is 1. The van der Waals surface area contributed by atoms with Crippen molar-refractivity contribution in [1.82, 2.24) is 4.90 Å². The highest BCUT2D eigenvalue weighted by Gasteiger charge is 2.32. The standard InChI is InChI=1S/C14H18N2O3/c1-16(14(18)10-3-4-10)9-13(17)15-11-5-7-12(19-2)8-6-11/h5-8,10H,3-4,9H2,1-2H3,(H,15,17). The van der Waals surface area contributed by atoms with Gasteiger partial charge in [0.15, 0.2) is 0 Å².